The normalized spacial score (nSPS) is 25.2. The average molecular weight is 341 g/mol. The summed E-state index contributed by atoms with van der Waals surface area (Å²) in [5, 5.41) is 2.71. The predicted octanol–water partition coefficient (Wildman–Crippen LogP) is 4.30. The molecule has 0 saturated heterocycles. The van der Waals surface area contributed by atoms with Crippen molar-refractivity contribution < 1.29 is 19.1 Å². The molecule has 0 aliphatic heterocycles. The number of nitrogens with one attached hydrogen (secondary N) is 1. The molecule has 1 N–H and O–H groups in total. The van der Waals surface area contributed by atoms with Crippen molar-refractivity contribution in [3.63, 3.8) is 0 Å². The lowest BCUT2D eigenvalue weighted by molar-refractivity contribution is -0.146. The van der Waals surface area contributed by atoms with Crippen LogP contribution in [0.4, 0.5) is 4.79 Å². The zero-order valence-corrected chi connectivity index (χ0v) is 16.0. The third-order valence-corrected chi connectivity index (χ3v) is 4.82. The van der Waals surface area contributed by atoms with E-state index in [2.05, 4.69) is 26.1 Å². The summed E-state index contributed by atoms with van der Waals surface area (Å²) in [6, 6.07) is -0.618. The van der Waals surface area contributed by atoms with Gasteiger partial charge in [0.05, 0.1) is 6.61 Å². The zero-order valence-electron chi connectivity index (χ0n) is 16.0. The van der Waals surface area contributed by atoms with Crippen LogP contribution in [-0.2, 0) is 14.3 Å². The van der Waals surface area contributed by atoms with Gasteiger partial charge in [-0.1, -0.05) is 47.5 Å². The fourth-order valence-corrected chi connectivity index (χ4v) is 3.40. The van der Waals surface area contributed by atoms with Gasteiger partial charge in [-0.2, -0.15) is 0 Å². The molecule has 0 aromatic carbocycles. The molecule has 4 unspecified atom stereocenters. The summed E-state index contributed by atoms with van der Waals surface area (Å²) in [6.45, 7) is 10.9. The first-order valence-corrected chi connectivity index (χ1v) is 9.52. The molecule has 5 nitrogen and oxygen atoms in total. The molecule has 140 valence electrons. The second-order valence-corrected chi connectivity index (χ2v) is 7.42. The number of esters is 1. The monoisotopic (exact) mass is 341 g/mol. The van der Waals surface area contributed by atoms with E-state index in [-0.39, 0.29) is 12.1 Å². The van der Waals surface area contributed by atoms with Gasteiger partial charge in [-0.15, -0.1) is 0 Å². The molecule has 0 heterocycles. The van der Waals surface area contributed by atoms with E-state index >= 15 is 0 Å². The molecule has 0 bridgehead atoms. The van der Waals surface area contributed by atoms with Crippen LogP contribution in [0.3, 0.4) is 0 Å². The lowest BCUT2D eigenvalue weighted by Gasteiger charge is -2.36. The second-order valence-electron chi connectivity index (χ2n) is 7.42. The molecule has 0 aromatic rings. The van der Waals surface area contributed by atoms with E-state index in [0.717, 1.165) is 25.7 Å². The standard InChI is InChI=1S/C19H35NO4/c1-6-8-16(18(21)23-11-7-2)20-19(22)24-17-12-14(5)9-10-15(17)13(3)4/h13-17H,6-12H2,1-5H3,(H,20,22). The third kappa shape index (κ3) is 6.70. The maximum Gasteiger partial charge on any atom is 0.408 e. The van der Waals surface area contributed by atoms with E-state index in [0.29, 0.717) is 30.8 Å². The number of ether oxygens (including phenoxy) is 2. The van der Waals surface area contributed by atoms with Gasteiger partial charge in [0.25, 0.3) is 0 Å². The molecule has 1 fully saturated rings. The highest BCUT2D eigenvalue weighted by Crippen LogP contribution is 2.35. The van der Waals surface area contributed by atoms with Crippen LogP contribution in [0, 0.1) is 17.8 Å². The largest absolute Gasteiger partial charge is 0.464 e. The van der Waals surface area contributed by atoms with Crippen LogP contribution in [0.25, 0.3) is 0 Å². The van der Waals surface area contributed by atoms with Crippen LogP contribution in [0.2, 0.25) is 0 Å². The van der Waals surface area contributed by atoms with E-state index in [1.807, 2.05) is 13.8 Å². The smallest absolute Gasteiger partial charge is 0.408 e. The summed E-state index contributed by atoms with van der Waals surface area (Å²) in [5.41, 5.74) is 0. The van der Waals surface area contributed by atoms with Gasteiger partial charge in [-0.25, -0.2) is 9.59 Å². The maximum atomic E-state index is 12.3. The molecule has 1 rings (SSSR count). The Morgan fingerprint density at radius 1 is 1.17 bits per heavy atom. The van der Waals surface area contributed by atoms with E-state index in [4.69, 9.17) is 9.47 Å². The van der Waals surface area contributed by atoms with Gasteiger partial charge in [0.1, 0.15) is 12.1 Å². The highest BCUT2D eigenvalue weighted by atomic mass is 16.6. The molecule has 0 radical (unpaired) electrons. The predicted molar refractivity (Wildman–Crippen MR) is 94.7 cm³/mol. The minimum atomic E-state index is -0.618. The maximum absolute atomic E-state index is 12.3. The molecule has 4 atom stereocenters. The Morgan fingerprint density at radius 2 is 1.88 bits per heavy atom. The van der Waals surface area contributed by atoms with Gasteiger partial charge in [0, 0.05) is 0 Å². The first-order chi connectivity index (χ1) is 11.4. The van der Waals surface area contributed by atoms with E-state index in [1.54, 1.807) is 0 Å². The Morgan fingerprint density at radius 3 is 2.46 bits per heavy atom. The number of hydrogen-bond acceptors (Lipinski definition) is 4. The van der Waals surface area contributed by atoms with Crippen molar-refractivity contribution in [2.45, 2.75) is 85.3 Å². The van der Waals surface area contributed by atoms with Crippen molar-refractivity contribution in [1.82, 2.24) is 5.32 Å². The minimum Gasteiger partial charge on any atom is -0.464 e. The lowest BCUT2D eigenvalue weighted by atomic mass is 9.75. The molecular formula is C19H35NO4. The number of hydrogen-bond donors (Lipinski definition) is 1. The number of amides is 1. The first kappa shape index (κ1) is 20.8. The summed E-state index contributed by atoms with van der Waals surface area (Å²) in [7, 11) is 0. The van der Waals surface area contributed by atoms with Gasteiger partial charge in [-0.3, -0.25) is 0 Å². The van der Waals surface area contributed by atoms with E-state index in [1.165, 1.54) is 6.42 Å². The van der Waals surface area contributed by atoms with Crippen LogP contribution < -0.4 is 5.32 Å². The number of alkyl carbamates (subject to hydrolysis) is 1. The Labute approximate surface area is 146 Å². The van der Waals surface area contributed by atoms with Crippen LogP contribution in [0.1, 0.15) is 73.1 Å². The van der Waals surface area contributed by atoms with E-state index < -0.39 is 12.1 Å². The third-order valence-electron chi connectivity index (χ3n) is 4.82. The van der Waals surface area contributed by atoms with Crippen molar-refractivity contribution in [2.24, 2.45) is 17.8 Å². The minimum absolute atomic E-state index is 0.0670. The van der Waals surface area contributed by atoms with Crippen LogP contribution in [0.15, 0.2) is 0 Å². The van der Waals surface area contributed by atoms with Gasteiger partial charge in [0.2, 0.25) is 0 Å². The summed E-state index contributed by atoms with van der Waals surface area (Å²) in [4.78, 5) is 24.4. The summed E-state index contributed by atoms with van der Waals surface area (Å²) in [6.07, 6.45) is 4.74. The van der Waals surface area contributed by atoms with Crippen molar-refractivity contribution >= 4 is 12.1 Å². The number of carbonyl (C=O) groups is 2. The lowest BCUT2D eigenvalue weighted by Crippen LogP contribution is -2.45. The highest BCUT2D eigenvalue weighted by Gasteiger charge is 2.34. The number of carbonyl (C=O) groups excluding carboxylic acids is 2. The Balaban J connectivity index is 2.61. The molecular weight excluding hydrogens is 306 g/mol. The molecule has 1 aliphatic rings. The van der Waals surface area contributed by atoms with Gasteiger partial charge in [-0.05, 0) is 43.4 Å². The SMILES string of the molecule is CCCOC(=O)C(CCC)NC(=O)OC1CC(C)CCC1C(C)C. The molecule has 5 heteroatoms. The number of rotatable bonds is 8. The molecule has 1 amide bonds. The molecule has 1 aliphatic carbocycles. The topological polar surface area (TPSA) is 64.6 Å². The van der Waals surface area contributed by atoms with Gasteiger partial charge >= 0.3 is 12.1 Å². The van der Waals surface area contributed by atoms with Crippen LogP contribution in [0.5, 0.6) is 0 Å². The zero-order chi connectivity index (χ0) is 18.1. The fourth-order valence-electron chi connectivity index (χ4n) is 3.40. The van der Waals surface area contributed by atoms with Crippen molar-refractivity contribution in [3.05, 3.63) is 0 Å². The van der Waals surface area contributed by atoms with Crippen molar-refractivity contribution in [3.8, 4) is 0 Å². The van der Waals surface area contributed by atoms with Crippen molar-refractivity contribution in [2.75, 3.05) is 6.61 Å². The summed E-state index contributed by atoms with van der Waals surface area (Å²) < 4.78 is 10.9. The highest BCUT2D eigenvalue weighted by molar-refractivity contribution is 5.81. The Hall–Kier alpha value is -1.26. The summed E-state index contributed by atoms with van der Waals surface area (Å²) in [5.74, 6) is 1.08. The Bertz CT molecular complexity index is 397. The molecule has 24 heavy (non-hydrogen) atoms. The van der Waals surface area contributed by atoms with Gasteiger partial charge < -0.3 is 14.8 Å². The second kappa shape index (κ2) is 10.6. The fraction of sp³-hybridized carbons (Fsp3) is 0.895. The Kier molecular flexibility index (Phi) is 9.16. The van der Waals surface area contributed by atoms with Crippen LogP contribution >= 0.6 is 0 Å². The quantitative estimate of drug-likeness (QED) is 0.669. The molecule has 0 aromatic heterocycles. The average Bonchev–Trinajstić information content (AvgIpc) is 2.51. The van der Waals surface area contributed by atoms with Gasteiger partial charge in [0.15, 0.2) is 0 Å². The van der Waals surface area contributed by atoms with Crippen LogP contribution in [-0.4, -0.2) is 30.8 Å². The molecule has 0 spiro atoms. The summed E-state index contributed by atoms with van der Waals surface area (Å²) >= 11 is 0. The van der Waals surface area contributed by atoms with Crippen molar-refractivity contribution in [1.29, 1.82) is 0 Å². The molecule has 1 saturated carbocycles. The van der Waals surface area contributed by atoms with E-state index in [9.17, 15) is 9.59 Å². The first-order valence-electron chi connectivity index (χ1n) is 9.52.